The first-order chi connectivity index (χ1) is 11.2. The summed E-state index contributed by atoms with van der Waals surface area (Å²) in [5.41, 5.74) is 1.40. The normalized spacial score (nSPS) is 12.7. The molecule has 7 nitrogen and oxygen atoms in total. The third-order valence-electron chi connectivity index (χ3n) is 3.50. The molecule has 0 radical (unpaired) electrons. The lowest BCUT2D eigenvalue weighted by atomic mass is 10.3. The van der Waals surface area contributed by atoms with E-state index in [2.05, 4.69) is 25.6 Å². The first kappa shape index (κ1) is 15.5. The van der Waals surface area contributed by atoms with E-state index in [-0.39, 0.29) is 17.5 Å². The molecule has 0 bridgehead atoms. The molecule has 0 unspecified atom stereocenters. The van der Waals surface area contributed by atoms with Crippen LogP contribution in [0.5, 0.6) is 0 Å². The van der Waals surface area contributed by atoms with E-state index in [1.165, 1.54) is 23.5 Å². The molecule has 0 fully saturated rings. The molecule has 2 heterocycles. The third-order valence-corrected chi connectivity index (χ3v) is 4.58. The number of nitrogens with one attached hydrogen (secondary N) is 2. The molecular formula is C15H17N5O2S. The Balaban J connectivity index is 1.37. The van der Waals surface area contributed by atoms with Gasteiger partial charge >= 0.3 is 0 Å². The fourth-order valence-corrected chi connectivity index (χ4v) is 3.45. The number of fused-ring (bicyclic) bond motifs is 1. The zero-order chi connectivity index (χ0) is 16.1. The Labute approximate surface area is 137 Å². The molecule has 0 aliphatic heterocycles. The van der Waals surface area contributed by atoms with Crippen molar-refractivity contribution >= 4 is 28.3 Å². The highest BCUT2D eigenvalue weighted by molar-refractivity contribution is 7.15. The Bertz CT molecular complexity index is 680. The summed E-state index contributed by atoms with van der Waals surface area (Å²) in [6.07, 6.45) is 8.52. The lowest BCUT2D eigenvalue weighted by molar-refractivity contribution is -0.116. The van der Waals surface area contributed by atoms with Gasteiger partial charge < -0.3 is 10.6 Å². The van der Waals surface area contributed by atoms with Gasteiger partial charge in [0.15, 0.2) is 5.13 Å². The van der Waals surface area contributed by atoms with Crippen LogP contribution in [-0.4, -0.2) is 33.3 Å². The number of hydrogen-bond donors (Lipinski definition) is 2. The standard InChI is InChI=1S/C15H17N5O2S/c21-13(20-15-19-10-3-1-4-12(10)23-15)5-2-6-18-14(22)11-9-16-7-8-17-11/h7-9H,1-6H2,(H,18,22)(H,19,20,21). The molecule has 3 rings (SSSR count). The Hall–Kier alpha value is -2.35. The number of rotatable bonds is 6. The molecule has 23 heavy (non-hydrogen) atoms. The van der Waals surface area contributed by atoms with Gasteiger partial charge in [0.2, 0.25) is 5.91 Å². The van der Waals surface area contributed by atoms with Crippen molar-refractivity contribution in [2.24, 2.45) is 0 Å². The van der Waals surface area contributed by atoms with Gasteiger partial charge in [-0.1, -0.05) is 0 Å². The molecule has 0 atom stereocenters. The second-order valence-electron chi connectivity index (χ2n) is 5.24. The first-order valence-electron chi connectivity index (χ1n) is 7.55. The van der Waals surface area contributed by atoms with Crippen molar-refractivity contribution < 1.29 is 9.59 Å². The van der Waals surface area contributed by atoms with E-state index >= 15 is 0 Å². The van der Waals surface area contributed by atoms with Gasteiger partial charge in [-0.25, -0.2) is 9.97 Å². The highest BCUT2D eigenvalue weighted by Gasteiger charge is 2.17. The summed E-state index contributed by atoms with van der Waals surface area (Å²) in [7, 11) is 0. The summed E-state index contributed by atoms with van der Waals surface area (Å²) in [4.78, 5) is 37.1. The lowest BCUT2D eigenvalue weighted by Gasteiger charge is -2.04. The van der Waals surface area contributed by atoms with Crippen LogP contribution in [-0.2, 0) is 17.6 Å². The summed E-state index contributed by atoms with van der Waals surface area (Å²) in [6.45, 7) is 0.414. The quantitative estimate of drug-likeness (QED) is 0.783. The molecule has 0 saturated carbocycles. The van der Waals surface area contributed by atoms with Crippen LogP contribution < -0.4 is 10.6 Å². The number of carbonyl (C=O) groups is 2. The van der Waals surface area contributed by atoms with E-state index in [9.17, 15) is 9.59 Å². The van der Waals surface area contributed by atoms with Gasteiger partial charge in [0.05, 0.1) is 11.9 Å². The van der Waals surface area contributed by atoms with Gasteiger partial charge in [0, 0.05) is 30.2 Å². The molecule has 8 heteroatoms. The van der Waals surface area contributed by atoms with Crippen molar-refractivity contribution in [1.82, 2.24) is 20.3 Å². The van der Waals surface area contributed by atoms with E-state index in [1.807, 2.05) is 0 Å². The summed E-state index contributed by atoms with van der Waals surface area (Å²) >= 11 is 1.56. The number of amides is 2. The first-order valence-corrected chi connectivity index (χ1v) is 8.36. The van der Waals surface area contributed by atoms with Gasteiger partial charge in [-0.15, -0.1) is 11.3 Å². The predicted octanol–water partition coefficient (Wildman–Crippen LogP) is 1.57. The average molecular weight is 331 g/mol. The van der Waals surface area contributed by atoms with Gasteiger partial charge in [0.1, 0.15) is 5.69 Å². The van der Waals surface area contributed by atoms with Crippen molar-refractivity contribution in [2.45, 2.75) is 32.1 Å². The number of hydrogen-bond acceptors (Lipinski definition) is 6. The number of thiazole rings is 1. The number of aryl methyl sites for hydroxylation is 2. The summed E-state index contributed by atoms with van der Waals surface area (Å²) < 4.78 is 0. The minimum absolute atomic E-state index is 0.0776. The van der Waals surface area contributed by atoms with Gasteiger partial charge in [0.25, 0.3) is 5.91 Å². The molecule has 2 aromatic rings. The van der Waals surface area contributed by atoms with Crippen molar-refractivity contribution in [3.8, 4) is 0 Å². The maximum absolute atomic E-state index is 11.9. The van der Waals surface area contributed by atoms with Crippen LogP contribution in [0.15, 0.2) is 18.6 Å². The van der Waals surface area contributed by atoms with Crippen molar-refractivity contribution in [3.05, 3.63) is 34.9 Å². The molecule has 120 valence electrons. The molecule has 0 aromatic carbocycles. The number of nitrogens with zero attached hydrogens (tertiary/aromatic N) is 3. The van der Waals surface area contributed by atoms with E-state index in [4.69, 9.17) is 0 Å². The third kappa shape index (κ3) is 4.10. The fourth-order valence-electron chi connectivity index (χ4n) is 2.38. The number of anilines is 1. The van der Waals surface area contributed by atoms with E-state index < -0.39 is 0 Å². The van der Waals surface area contributed by atoms with Gasteiger partial charge in [-0.3, -0.25) is 14.6 Å². The van der Waals surface area contributed by atoms with Crippen LogP contribution >= 0.6 is 11.3 Å². The summed E-state index contributed by atoms with van der Waals surface area (Å²) in [5.74, 6) is -0.360. The zero-order valence-corrected chi connectivity index (χ0v) is 13.4. The molecule has 1 aliphatic carbocycles. The monoisotopic (exact) mass is 331 g/mol. The Morgan fingerprint density at radius 1 is 1.26 bits per heavy atom. The maximum Gasteiger partial charge on any atom is 0.271 e. The van der Waals surface area contributed by atoms with Crippen molar-refractivity contribution in [1.29, 1.82) is 0 Å². The van der Waals surface area contributed by atoms with Crippen molar-refractivity contribution in [3.63, 3.8) is 0 Å². The highest BCUT2D eigenvalue weighted by atomic mass is 32.1. The second kappa shape index (κ2) is 7.28. The van der Waals surface area contributed by atoms with E-state index in [0.29, 0.717) is 24.5 Å². The Kier molecular flexibility index (Phi) is 4.92. The number of aromatic nitrogens is 3. The minimum atomic E-state index is -0.283. The molecule has 2 amide bonds. The van der Waals surface area contributed by atoms with Crippen LogP contribution in [0.2, 0.25) is 0 Å². The largest absolute Gasteiger partial charge is 0.351 e. The molecular weight excluding hydrogens is 314 g/mol. The lowest BCUT2D eigenvalue weighted by Crippen LogP contribution is -2.26. The second-order valence-corrected chi connectivity index (χ2v) is 6.32. The van der Waals surface area contributed by atoms with Gasteiger partial charge in [-0.05, 0) is 25.7 Å². The van der Waals surface area contributed by atoms with Crippen LogP contribution in [0.1, 0.15) is 40.3 Å². The average Bonchev–Trinajstić information content (AvgIpc) is 3.13. The topological polar surface area (TPSA) is 96.9 Å². The summed E-state index contributed by atoms with van der Waals surface area (Å²) in [5, 5.41) is 6.22. The van der Waals surface area contributed by atoms with E-state index in [0.717, 1.165) is 25.0 Å². The van der Waals surface area contributed by atoms with Crippen LogP contribution in [0.4, 0.5) is 5.13 Å². The Morgan fingerprint density at radius 2 is 2.17 bits per heavy atom. The number of carbonyl (C=O) groups excluding carboxylic acids is 2. The molecule has 1 aliphatic rings. The molecule has 0 spiro atoms. The van der Waals surface area contributed by atoms with Gasteiger partial charge in [-0.2, -0.15) is 0 Å². The fraction of sp³-hybridized carbons (Fsp3) is 0.400. The zero-order valence-electron chi connectivity index (χ0n) is 12.5. The van der Waals surface area contributed by atoms with E-state index in [1.54, 1.807) is 11.3 Å². The van der Waals surface area contributed by atoms with Crippen molar-refractivity contribution in [2.75, 3.05) is 11.9 Å². The predicted molar refractivity (Wildman–Crippen MR) is 86.4 cm³/mol. The van der Waals surface area contributed by atoms with Crippen LogP contribution in [0, 0.1) is 0 Å². The summed E-state index contributed by atoms with van der Waals surface area (Å²) in [6, 6.07) is 0. The molecule has 2 aromatic heterocycles. The van der Waals surface area contributed by atoms with Crippen LogP contribution in [0.3, 0.4) is 0 Å². The minimum Gasteiger partial charge on any atom is -0.351 e. The SMILES string of the molecule is O=C(CCCNC(=O)c1cnccn1)Nc1nc2c(s1)CCC2. The smallest absolute Gasteiger partial charge is 0.271 e. The van der Waals surface area contributed by atoms with Crippen LogP contribution in [0.25, 0.3) is 0 Å². The Morgan fingerprint density at radius 3 is 2.96 bits per heavy atom. The molecule has 0 saturated heterocycles. The maximum atomic E-state index is 11.9. The highest BCUT2D eigenvalue weighted by Crippen LogP contribution is 2.30. The molecule has 2 N–H and O–H groups in total.